The molecule has 0 unspecified atom stereocenters. The Balaban J connectivity index is 1.45. The lowest BCUT2D eigenvalue weighted by atomic mass is 9.68. The first kappa shape index (κ1) is 18.4. The van der Waals surface area contributed by atoms with Crippen molar-refractivity contribution < 1.29 is 19.5 Å². The second-order valence-electron chi connectivity index (χ2n) is 8.53. The van der Waals surface area contributed by atoms with Crippen LogP contribution in [0.1, 0.15) is 22.8 Å². The molecule has 7 nitrogen and oxygen atoms in total. The van der Waals surface area contributed by atoms with Gasteiger partial charge in [0.05, 0.1) is 16.9 Å². The zero-order valence-electron chi connectivity index (χ0n) is 15.7. The summed E-state index contributed by atoms with van der Waals surface area (Å²) in [5.41, 5.74) is 1.12. The van der Waals surface area contributed by atoms with Crippen LogP contribution < -0.4 is 4.87 Å². The minimum atomic E-state index is -1.17. The van der Waals surface area contributed by atoms with E-state index in [9.17, 15) is 19.2 Å². The summed E-state index contributed by atoms with van der Waals surface area (Å²) in [5.74, 6) is -2.52. The van der Waals surface area contributed by atoms with Crippen LogP contribution in [0.4, 0.5) is 0 Å². The van der Waals surface area contributed by atoms with E-state index in [4.69, 9.17) is 5.11 Å². The highest BCUT2D eigenvalue weighted by molar-refractivity contribution is 8.00. The van der Waals surface area contributed by atoms with Gasteiger partial charge in [-0.1, -0.05) is 41.7 Å². The molecule has 30 heavy (non-hydrogen) atoms. The molecule has 6 rings (SSSR count). The number of aromatic amines is 1. The number of aromatic nitrogens is 1. The number of fused-ring (bicyclic) bond motifs is 9. The first-order chi connectivity index (χ1) is 14.5. The fourth-order valence-electron chi connectivity index (χ4n) is 6.40. The molecule has 1 aromatic heterocycles. The van der Waals surface area contributed by atoms with Crippen LogP contribution in [-0.4, -0.2) is 44.6 Å². The highest BCUT2D eigenvalue weighted by atomic mass is 32.2. The lowest BCUT2D eigenvalue weighted by Gasteiger charge is -2.43. The maximum atomic E-state index is 13.1. The van der Waals surface area contributed by atoms with Gasteiger partial charge in [0.25, 0.3) is 0 Å². The molecular formula is C21H18N2O5S2. The Morgan fingerprint density at radius 1 is 1.10 bits per heavy atom. The molecule has 154 valence electrons. The van der Waals surface area contributed by atoms with Crippen molar-refractivity contribution in [2.75, 3.05) is 6.54 Å². The fraction of sp³-hybridized carbons (Fsp3) is 0.429. The number of hydrogen-bond acceptors (Lipinski definition) is 6. The molecule has 9 heteroatoms. The molecule has 1 aromatic carbocycles. The summed E-state index contributed by atoms with van der Waals surface area (Å²) < 4.78 is 0. The van der Waals surface area contributed by atoms with Crippen molar-refractivity contribution in [2.24, 2.45) is 29.6 Å². The van der Waals surface area contributed by atoms with E-state index in [1.54, 1.807) is 11.8 Å². The second kappa shape index (κ2) is 6.31. The predicted molar refractivity (Wildman–Crippen MR) is 109 cm³/mol. The zero-order valence-corrected chi connectivity index (χ0v) is 17.3. The Morgan fingerprint density at radius 3 is 2.50 bits per heavy atom. The molecule has 7 atom stereocenters. The quantitative estimate of drug-likeness (QED) is 0.704. The molecule has 4 aliphatic rings. The molecule has 3 heterocycles. The summed E-state index contributed by atoms with van der Waals surface area (Å²) in [6, 6.07) is 10.0. The fourth-order valence-corrected chi connectivity index (χ4v) is 9.29. The molecule has 2 N–H and O–H groups in total. The van der Waals surface area contributed by atoms with Gasteiger partial charge in [-0.3, -0.25) is 24.1 Å². The number of benzene rings is 1. The average molecular weight is 443 g/mol. The monoisotopic (exact) mass is 442 g/mol. The number of nitrogens with one attached hydrogen (secondary N) is 1. The number of H-pyrrole nitrogens is 1. The minimum absolute atomic E-state index is 0.00350. The standard InChI is InChI=1S/C21H18N2O5S2/c24-11(25)7-23-19(26)14-9-6-10(15(14)20(23)27)16-13(9)12(8-4-2-1-3-5-8)17-18(29-16)22-21(28)30-17/h1-5,9-10,12-16H,6-7H2,(H,22,28)(H,24,25)/t9-,10-,12+,13-,14+,15-,16+/m1/s1. The highest BCUT2D eigenvalue weighted by Crippen LogP contribution is 2.68. The van der Waals surface area contributed by atoms with E-state index in [2.05, 4.69) is 17.1 Å². The SMILES string of the molecule is O=C(O)CN1C(=O)[C@@H]2[C@H]3C[C@@H]([C@@H]2C1=O)[C@@H]1[C@H](c2ccccc2)c2sc(=O)[nH]c2S[C@@H]31. The van der Waals surface area contributed by atoms with Crippen LogP contribution in [0.2, 0.25) is 0 Å². The molecule has 0 spiro atoms. The third kappa shape index (κ3) is 2.33. The number of thioether (sulfide) groups is 1. The molecule has 2 aliphatic carbocycles. The van der Waals surface area contributed by atoms with Gasteiger partial charge < -0.3 is 10.1 Å². The number of nitrogens with zero attached hydrogens (tertiary/aromatic N) is 1. The van der Waals surface area contributed by atoms with E-state index in [0.717, 1.165) is 26.8 Å². The number of rotatable bonds is 3. The topological polar surface area (TPSA) is 108 Å². The third-order valence-corrected chi connectivity index (χ3v) is 9.86. The highest BCUT2D eigenvalue weighted by Gasteiger charge is 2.69. The molecular weight excluding hydrogens is 424 g/mol. The summed E-state index contributed by atoms with van der Waals surface area (Å²) in [7, 11) is 0. The van der Waals surface area contributed by atoms with E-state index in [1.807, 2.05) is 18.2 Å². The van der Waals surface area contributed by atoms with Crippen molar-refractivity contribution in [1.29, 1.82) is 0 Å². The van der Waals surface area contributed by atoms with Crippen molar-refractivity contribution >= 4 is 40.9 Å². The van der Waals surface area contributed by atoms with Gasteiger partial charge in [-0.15, -0.1) is 11.8 Å². The van der Waals surface area contributed by atoms with Crippen LogP contribution in [0, 0.1) is 29.6 Å². The molecule has 3 fully saturated rings. The van der Waals surface area contributed by atoms with Crippen molar-refractivity contribution in [3.63, 3.8) is 0 Å². The zero-order chi connectivity index (χ0) is 20.7. The van der Waals surface area contributed by atoms with E-state index in [1.165, 1.54) is 11.3 Å². The molecule has 2 bridgehead atoms. The predicted octanol–water partition coefficient (Wildman–Crippen LogP) is 1.99. The maximum Gasteiger partial charge on any atom is 0.323 e. The summed E-state index contributed by atoms with van der Waals surface area (Å²) in [5, 5.41) is 10.2. The van der Waals surface area contributed by atoms with Crippen LogP contribution in [0.3, 0.4) is 0 Å². The van der Waals surface area contributed by atoms with Gasteiger partial charge in [-0.2, -0.15) is 0 Å². The molecule has 1 saturated heterocycles. The third-order valence-electron chi connectivity index (χ3n) is 7.27. The molecule has 2 amide bonds. The summed E-state index contributed by atoms with van der Waals surface area (Å²) in [6.45, 7) is -0.560. The van der Waals surface area contributed by atoms with Crippen LogP contribution in [-0.2, 0) is 14.4 Å². The van der Waals surface area contributed by atoms with E-state index in [-0.39, 0.29) is 45.6 Å². The minimum Gasteiger partial charge on any atom is -0.480 e. The summed E-state index contributed by atoms with van der Waals surface area (Å²) >= 11 is 2.87. The number of carbonyl (C=O) groups is 3. The van der Waals surface area contributed by atoms with E-state index < -0.39 is 24.3 Å². The van der Waals surface area contributed by atoms with Crippen LogP contribution in [0.15, 0.2) is 40.2 Å². The summed E-state index contributed by atoms with van der Waals surface area (Å²) in [4.78, 5) is 54.3. The lowest BCUT2D eigenvalue weighted by molar-refractivity contribution is -0.149. The van der Waals surface area contributed by atoms with Crippen molar-refractivity contribution in [3.8, 4) is 0 Å². The number of carboxylic acid groups (broad SMARTS) is 1. The second-order valence-corrected chi connectivity index (χ2v) is 10.7. The molecule has 2 saturated carbocycles. The number of aliphatic carboxylic acids is 1. The number of likely N-dealkylation sites (tertiary alicyclic amines) is 1. The number of amides is 2. The normalized spacial score (nSPS) is 36.0. The largest absolute Gasteiger partial charge is 0.480 e. The van der Waals surface area contributed by atoms with E-state index >= 15 is 0 Å². The Bertz CT molecular complexity index is 1140. The number of hydrogen-bond donors (Lipinski definition) is 2. The smallest absolute Gasteiger partial charge is 0.323 e. The Labute approximate surface area is 179 Å². The first-order valence-electron chi connectivity index (χ1n) is 9.97. The van der Waals surface area contributed by atoms with Crippen molar-refractivity contribution in [1.82, 2.24) is 9.88 Å². The molecule has 0 radical (unpaired) electrons. The van der Waals surface area contributed by atoms with Gasteiger partial charge >= 0.3 is 10.8 Å². The summed E-state index contributed by atoms with van der Waals surface area (Å²) in [6.07, 6.45) is 0.804. The number of imide groups is 1. The van der Waals surface area contributed by atoms with Crippen LogP contribution >= 0.6 is 23.1 Å². The molecule has 2 aliphatic heterocycles. The van der Waals surface area contributed by atoms with E-state index in [0.29, 0.717) is 0 Å². The number of carbonyl (C=O) groups excluding carboxylic acids is 2. The van der Waals surface area contributed by atoms with Crippen LogP contribution in [0.25, 0.3) is 0 Å². The Kier molecular flexibility index (Phi) is 3.86. The van der Waals surface area contributed by atoms with Crippen molar-refractivity contribution in [3.05, 3.63) is 50.4 Å². The number of carboxylic acids is 1. The van der Waals surface area contributed by atoms with Gasteiger partial charge in [0.2, 0.25) is 11.8 Å². The van der Waals surface area contributed by atoms with Crippen LogP contribution in [0.5, 0.6) is 0 Å². The van der Waals surface area contributed by atoms with Gasteiger partial charge in [-0.25, -0.2) is 0 Å². The number of thiazole rings is 1. The average Bonchev–Trinajstić information content (AvgIpc) is 3.44. The van der Waals surface area contributed by atoms with Crippen molar-refractivity contribution in [2.45, 2.75) is 22.6 Å². The maximum absolute atomic E-state index is 13.1. The molecule has 2 aromatic rings. The van der Waals surface area contributed by atoms with Gasteiger partial charge in [-0.05, 0) is 29.7 Å². The van der Waals surface area contributed by atoms with Gasteiger partial charge in [0.15, 0.2) is 0 Å². The van der Waals surface area contributed by atoms with Gasteiger partial charge in [0.1, 0.15) is 6.54 Å². The van der Waals surface area contributed by atoms with Gasteiger partial charge in [0, 0.05) is 16.0 Å². The Hall–Kier alpha value is -2.39. The first-order valence-corrected chi connectivity index (χ1v) is 11.7. The lowest BCUT2D eigenvalue weighted by Crippen LogP contribution is -2.42. The Morgan fingerprint density at radius 2 is 1.80 bits per heavy atom.